The minimum absolute atomic E-state index is 0.0718. The number of methoxy groups -OCH3 is 2. The van der Waals surface area contributed by atoms with Crippen LogP contribution in [-0.2, 0) is 20.7 Å². The highest BCUT2D eigenvalue weighted by atomic mass is 79.9. The first kappa shape index (κ1) is 16.9. The maximum absolute atomic E-state index is 11.1. The Balaban J connectivity index is 2.61. The zero-order chi connectivity index (χ0) is 15.0. The van der Waals surface area contributed by atoms with E-state index in [1.54, 1.807) is 7.11 Å². The van der Waals surface area contributed by atoms with E-state index in [2.05, 4.69) is 33.7 Å². The van der Waals surface area contributed by atoms with Crippen LogP contribution in [0.15, 0.2) is 40.9 Å². The summed E-state index contributed by atoms with van der Waals surface area (Å²) in [4.78, 5) is 11.1. The lowest BCUT2D eigenvalue weighted by molar-refractivity contribution is -0.139. The van der Waals surface area contributed by atoms with Crippen molar-refractivity contribution in [1.82, 2.24) is 0 Å². The second-order valence-electron chi connectivity index (χ2n) is 4.64. The van der Waals surface area contributed by atoms with Crippen molar-refractivity contribution in [2.45, 2.75) is 25.9 Å². The fraction of sp³-hybridized carbons (Fsp3) is 0.438. The fourth-order valence-corrected chi connectivity index (χ4v) is 2.40. The van der Waals surface area contributed by atoms with Gasteiger partial charge in [0, 0.05) is 23.9 Å². The number of halogens is 1. The molecule has 0 saturated heterocycles. The van der Waals surface area contributed by atoms with Crippen molar-refractivity contribution >= 4 is 21.9 Å². The minimum Gasteiger partial charge on any atom is -0.469 e. The predicted octanol–water partition coefficient (Wildman–Crippen LogP) is 3.76. The lowest BCUT2D eigenvalue weighted by Gasteiger charge is -2.20. The van der Waals surface area contributed by atoms with E-state index in [0.29, 0.717) is 6.42 Å². The van der Waals surface area contributed by atoms with Gasteiger partial charge in [-0.2, -0.15) is 0 Å². The van der Waals surface area contributed by atoms with Crippen molar-refractivity contribution in [1.29, 1.82) is 0 Å². The van der Waals surface area contributed by atoms with Crippen LogP contribution in [0.25, 0.3) is 0 Å². The van der Waals surface area contributed by atoms with E-state index in [4.69, 9.17) is 4.74 Å². The van der Waals surface area contributed by atoms with Crippen LogP contribution >= 0.6 is 15.9 Å². The normalized spacial score (nSPS) is 14.2. The molecule has 0 unspecified atom stereocenters. The molecule has 1 aromatic rings. The van der Waals surface area contributed by atoms with E-state index < -0.39 is 0 Å². The van der Waals surface area contributed by atoms with E-state index in [-0.39, 0.29) is 18.0 Å². The molecule has 0 N–H and O–H groups in total. The third-order valence-corrected chi connectivity index (χ3v) is 3.99. The standard InChI is InChI=1S/C16H21BrO3/c1-12(7-6-10-16(18)20-3)15(19-2)11-13-8-4-5-9-14(13)17/h4-9,12,15H,10-11H2,1-3H3/t12-,15-/m0/s1. The molecule has 1 rings (SSSR count). The van der Waals surface area contributed by atoms with Gasteiger partial charge in [0.2, 0.25) is 0 Å². The van der Waals surface area contributed by atoms with Gasteiger partial charge in [-0.25, -0.2) is 0 Å². The summed E-state index contributed by atoms with van der Waals surface area (Å²) in [6.45, 7) is 2.08. The highest BCUT2D eigenvalue weighted by Crippen LogP contribution is 2.21. The van der Waals surface area contributed by atoms with Gasteiger partial charge in [-0.05, 0) is 11.6 Å². The van der Waals surface area contributed by atoms with Crippen LogP contribution < -0.4 is 0 Å². The van der Waals surface area contributed by atoms with Gasteiger partial charge in [0.25, 0.3) is 0 Å². The third kappa shape index (κ3) is 5.47. The number of rotatable bonds is 7. The Morgan fingerprint density at radius 3 is 2.65 bits per heavy atom. The van der Waals surface area contributed by atoms with Crippen molar-refractivity contribution in [2.75, 3.05) is 14.2 Å². The molecule has 0 bridgehead atoms. The average Bonchev–Trinajstić information content (AvgIpc) is 2.46. The molecule has 0 aliphatic rings. The Hall–Kier alpha value is -1.13. The molecule has 0 fully saturated rings. The van der Waals surface area contributed by atoms with Crippen LogP contribution in [0.5, 0.6) is 0 Å². The highest BCUT2D eigenvalue weighted by molar-refractivity contribution is 9.10. The Kier molecular flexibility index (Phi) is 7.55. The van der Waals surface area contributed by atoms with Gasteiger partial charge >= 0.3 is 5.97 Å². The van der Waals surface area contributed by atoms with Crippen LogP contribution in [0, 0.1) is 5.92 Å². The molecule has 0 amide bonds. The molecule has 0 aliphatic carbocycles. The molecule has 3 nitrogen and oxygen atoms in total. The average molecular weight is 341 g/mol. The first-order valence-electron chi connectivity index (χ1n) is 6.58. The maximum atomic E-state index is 11.1. The zero-order valence-electron chi connectivity index (χ0n) is 12.1. The Labute approximate surface area is 129 Å². The molecule has 0 saturated carbocycles. The van der Waals surface area contributed by atoms with Crippen molar-refractivity contribution in [3.05, 3.63) is 46.5 Å². The van der Waals surface area contributed by atoms with Gasteiger partial charge in [-0.3, -0.25) is 4.79 Å². The van der Waals surface area contributed by atoms with Crippen molar-refractivity contribution in [3.8, 4) is 0 Å². The number of esters is 1. The molecule has 0 heterocycles. The summed E-state index contributed by atoms with van der Waals surface area (Å²) in [5.41, 5.74) is 1.22. The third-order valence-electron chi connectivity index (χ3n) is 3.22. The van der Waals surface area contributed by atoms with Crippen molar-refractivity contribution in [3.63, 3.8) is 0 Å². The monoisotopic (exact) mass is 340 g/mol. The van der Waals surface area contributed by atoms with Crippen molar-refractivity contribution < 1.29 is 14.3 Å². The zero-order valence-corrected chi connectivity index (χ0v) is 13.7. The van der Waals surface area contributed by atoms with Gasteiger partial charge in [0.1, 0.15) is 0 Å². The Morgan fingerprint density at radius 1 is 1.35 bits per heavy atom. The SMILES string of the molecule is COC(=O)CC=C[C@H](C)[C@H](Cc1ccccc1Br)OC. The molecule has 0 radical (unpaired) electrons. The van der Waals surface area contributed by atoms with E-state index in [1.807, 2.05) is 30.4 Å². The number of carbonyl (C=O) groups is 1. The maximum Gasteiger partial charge on any atom is 0.309 e. The molecule has 2 atom stereocenters. The summed E-state index contributed by atoms with van der Waals surface area (Å²) in [7, 11) is 3.11. The smallest absolute Gasteiger partial charge is 0.309 e. The quantitative estimate of drug-likeness (QED) is 0.560. The van der Waals surface area contributed by atoms with Gasteiger partial charge in [0.15, 0.2) is 0 Å². The summed E-state index contributed by atoms with van der Waals surface area (Å²) < 4.78 is 11.3. The first-order valence-corrected chi connectivity index (χ1v) is 7.37. The van der Waals surface area contributed by atoms with E-state index in [0.717, 1.165) is 10.9 Å². The number of benzene rings is 1. The number of ether oxygens (including phenoxy) is 2. The molecular formula is C16H21BrO3. The summed E-state index contributed by atoms with van der Waals surface area (Å²) in [6.07, 6.45) is 5.03. The molecule has 4 heteroatoms. The van der Waals surface area contributed by atoms with Crippen LogP contribution in [-0.4, -0.2) is 26.3 Å². The van der Waals surface area contributed by atoms with Gasteiger partial charge in [-0.1, -0.05) is 53.2 Å². The largest absolute Gasteiger partial charge is 0.469 e. The number of carbonyl (C=O) groups excluding carboxylic acids is 1. The molecule has 0 spiro atoms. The molecular weight excluding hydrogens is 320 g/mol. The Morgan fingerprint density at radius 2 is 2.05 bits per heavy atom. The minimum atomic E-state index is -0.228. The van der Waals surface area contributed by atoms with E-state index >= 15 is 0 Å². The van der Waals surface area contributed by atoms with Gasteiger partial charge in [0.05, 0.1) is 19.6 Å². The lowest BCUT2D eigenvalue weighted by Crippen LogP contribution is -2.22. The number of hydrogen-bond donors (Lipinski definition) is 0. The molecule has 0 aromatic heterocycles. The second-order valence-corrected chi connectivity index (χ2v) is 5.49. The second kappa shape index (κ2) is 8.93. The lowest BCUT2D eigenvalue weighted by atomic mass is 9.97. The van der Waals surface area contributed by atoms with Crippen LogP contribution in [0.2, 0.25) is 0 Å². The summed E-state index contributed by atoms with van der Waals surface area (Å²) in [5.74, 6) is -0.00928. The highest BCUT2D eigenvalue weighted by Gasteiger charge is 2.16. The summed E-state index contributed by atoms with van der Waals surface area (Å²) in [5, 5.41) is 0. The van der Waals surface area contributed by atoms with Crippen LogP contribution in [0.4, 0.5) is 0 Å². The Bertz CT molecular complexity index is 457. The van der Waals surface area contributed by atoms with Gasteiger partial charge < -0.3 is 9.47 Å². The van der Waals surface area contributed by atoms with E-state index in [9.17, 15) is 4.79 Å². The number of hydrogen-bond acceptors (Lipinski definition) is 3. The summed E-state index contributed by atoms with van der Waals surface area (Å²) in [6, 6.07) is 8.13. The topological polar surface area (TPSA) is 35.5 Å². The molecule has 20 heavy (non-hydrogen) atoms. The van der Waals surface area contributed by atoms with E-state index in [1.165, 1.54) is 12.7 Å². The fourth-order valence-electron chi connectivity index (χ4n) is 1.95. The summed E-state index contributed by atoms with van der Waals surface area (Å²) >= 11 is 3.55. The van der Waals surface area contributed by atoms with Crippen LogP contribution in [0.1, 0.15) is 18.9 Å². The van der Waals surface area contributed by atoms with Gasteiger partial charge in [-0.15, -0.1) is 0 Å². The molecule has 0 aliphatic heterocycles. The predicted molar refractivity (Wildman–Crippen MR) is 83.6 cm³/mol. The molecule has 1 aromatic carbocycles. The van der Waals surface area contributed by atoms with Crippen LogP contribution in [0.3, 0.4) is 0 Å². The van der Waals surface area contributed by atoms with Crippen molar-refractivity contribution in [2.24, 2.45) is 5.92 Å². The first-order chi connectivity index (χ1) is 9.58. The molecule has 110 valence electrons.